The number of hydrogen-bond donors (Lipinski definition) is 1. The molecule has 1 saturated heterocycles. The van der Waals surface area contributed by atoms with Gasteiger partial charge in [0.1, 0.15) is 23.3 Å². The van der Waals surface area contributed by atoms with E-state index in [-0.39, 0.29) is 26.9 Å². The van der Waals surface area contributed by atoms with Crippen molar-refractivity contribution in [3.8, 4) is 11.5 Å². The summed E-state index contributed by atoms with van der Waals surface area (Å²) in [6, 6.07) is 11.8. The van der Waals surface area contributed by atoms with Crippen LogP contribution in [0.5, 0.6) is 11.5 Å². The first-order chi connectivity index (χ1) is 15.9. The molecule has 33 heavy (non-hydrogen) atoms. The number of furan rings is 1. The van der Waals surface area contributed by atoms with Crippen LogP contribution in [0.25, 0.3) is 5.76 Å². The topological polar surface area (TPSA) is 89.2 Å². The third kappa shape index (κ3) is 4.05. The minimum absolute atomic E-state index is 0.141. The highest BCUT2D eigenvalue weighted by atomic mass is 35.5. The van der Waals surface area contributed by atoms with E-state index in [1.165, 1.54) is 30.4 Å². The van der Waals surface area contributed by atoms with E-state index >= 15 is 0 Å². The fraction of sp³-hybridized carbons (Fsp3) is 0.167. The molecule has 4 rings (SSSR count). The Morgan fingerprint density at radius 2 is 1.79 bits per heavy atom. The second-order valence-electron chi connectivity index (χ2n) is 7.08. The number of carbonyl (C=O) groups is 2. The summed E-state index contributed by atoms with van der Waals surface area (Å²) in [6.45, 7) is 2.35. The van der Waals surface area contributed by atoms with Crippen molar-refractivity contribution < 1.29 is 28.6 Å². The maximum atomic E-state index is 13.1. The van der Waals surface area contributed by atoms with Crippen molar-refractivity contribution in [3.63, 3.8) is 0 Å². The minimum Gasteiger partial charge on any atom is -0.507 e. The second kappa shape index (κ2) is 9.21. The SMILES string of the molecule is CCOc1ccc(N2C(=O)C(=O)/C(=C(\O)c3cc(Cl)c(OC)c(Cl)c3)C2c2ccco2)cc1. The number of ether oxygens (including phenoxy) is 2. The quantitative estimate of drug-likeness (QED) is 0.275. The Labute approximate surface area is 199 Å². The molecule has 1 atom stereocenters. The van der Waals surface area contributed by atoms with Crippen LogP contribution in [-0.4, -0.2) is 30.5 Å². The Hall–Kier alpha value is -3.42. The van der Waals surface area contributed by atoms with Gasteiger partial charge in [-0.1, -0.05) is 23.2 Å². The van der Waals surface area contributed by atoms with Crippen LogP contribution >= 0.6 is 23.2 Å². The summed E-state index contributed by atoms with van der Waals surface area (Å²) >= 11 is 12.4. The summed E-state index contributed by atoms with van der Waals surface area (Å²) in [6.07, 6.45) is 1.43. The zero-order valence-electron chi connectivity index (χ0n) is 17.7. The van der Waals surface area contributed by atoms with Crippen LogP contribution in [0.4, 0.5) is 5.69 Å². The van der Waals surface area contributed by atoms with Crippen LogP contribution in [-0.2, 0) is 9.59 Å². The molecule has 0 saturated carbocycles. The van der Waals surface area contributed by atoms with E-state index in [2.05, 4.69) is 0 Å². The smallest absolute Gasteiger partial charge is 0.300 e. The van der Waals surface area contributed by atoms with Gasteiger partial charge in [-0.25, -0.2) is 0 Å². The van der Waals surface area contributed by atoms with Gasteiger partial charge >= 0.3 is 0 Å². The molecule has 1 aliphatic rings. The van der Waals surface area contributed by atoms with E-state index < -0.39 is 23.5 Å². The lowest BCUT2D eigenvalue weighted by atomic mass is 9.99. The van der Waals surface area contributed by atoms with Crippen molar-refractivity contribution in [2.75, 3.05) is 18.6 Å². The number of carbonyl (C=O) groups excluding carboxylic acids is 2. The summed E-state index contributed by atoms with van der Waals surface area (Å²) in [7, 11) is 1.41. The number of Topliss-reactive ketones (excluding diaryl/α,β-unsaturated/α-hetero) is 1. The molecule has 3 aromatic rings. The van der Waals surface area contributed by atoms with Crippen molar-refractivity contribution in [3.05, 3.63) is 81.7 Å². The largest absolute Gasteiger partial charge is 0.507 e. The van der Waals surface area contributed by atoms with Gasteiger partial charge in [0.25, 0.3) is 11.7 Å². The van der Waals surface area contributed by atoms with Gasteiger partial charge in [-0.15, -0.1) is 0 Å². The number of benzene rings is 2. The molecule has 1 N–H and O–H groups in total. The fourth-order valence-corrected chi connectivity index (χ4v) is 4.37. The number of hydrogen-bond acceptors (Lipinski definition) is 6. The number of ketones is 1. The zero-order valence-corrected chi connectivity index (χ0v) is 19.2. The first-order valence-electron chi connectivity index (χ1n) is 9.98. The Bertz CT molecular complexity index is 1210. The predicted molar refractivity (Wildman–Crippen MR) is 124 cm³/mol. The Morgan fingerprint density at radius 1 is 1.12 bits per heavy atom. The van der Waals surface area contributed by atoms with Gasteiger partial charge in [0, 0.05) is 11.3 Å². The van der Waals surface area contributed by atoms with E-state index in [1.807, 2.05) is 6.92 Å². The highest BCUT2D eigenvalue weighted by molar-refractivity contribution is 6.51. The molecule has 9 heteroatoms. The summed E-state index contributed by atoms with van der Waals surface area (Å²) in [5.41, 5.74) is 0.444. The zero-order chi connectivity index (χ0) is 23.7. The van der Waals surface area contributed by atoms with Crippen molar-refractivity contribution >= 4 is 46.3 Å². The van der Waals surface area contributed by atoms with Crippen molar-refractivity contribution in [2.24, 2.45) is 0 Å². The monoisotopic (exact) mass is 487 g/mol. The molecule has 0 bridgehead atoms. The molecule has 0 spiro atoms. The lowest BCUT2D eigenvalue weighted by Gasteiger charge is -2.23. The fourth-order valence-electron chi connectivity index (χ4n) is 3.73. The van der Waals surface area contributed by atoms with Crippen LogP contribution < -0.4 is 14.4 Å². The number of rotatable bonds is 6. The number of anilines is 1. The third-order valence-corrected chi connectivity index (χ3v) is 5.72. The third-order valence-electron chi connectivity index (χ3n) is 5.16. The van der Waals surface area contributed by atoms with E-state index in [0.29, 0.717) is 23.8 Å². The normalized spacial score (nSPS) is 17.5. The standard InChI is InChI=1S/C24H19Cl2NO6/c1-3-32-15-8-6-14(7-9-15)27-20(18-5-4-10-33-18)19(22(29)24(27)30)21(28)13-11-16(25)23(31-2)17(26)12-13/h4-12,20,28H,3H2,1-2H3/b21-19-. The van der Waals surface area contributed by atoms with Crippen molar-refractivity contribution in [1.29, 1.82) is 0 Å². The maximum Gasteiger partial charge on any atom is 0.300 e. The highest BCUT2D eigenvalue weighted by Crippen LogP contribution is 2.44. The summed E-state index contributed by atoms with van der Waals surface area (Å²) < 4.78 is 16.1. The van der Waals surface area contributed by atoms with Crippen molar-refractivity contribution in [2.45, 2.75) is 13.0 Å². The second-order valence-corrected chi connectivity index (χ2v) is 7.90. The summed E-state index contributed by atoms with van der Waals surface area (Å²) in [5.74, 6) is -0.967. The number of nitrogens with zero attached hydrogens (tertiary/aromatic N) is 1. The van der Waals surface area contributed by atoms with Gasteiger partial charge in [0.2, 0.25) is 0 Å². The van der Waals surface area contributed by atoms with E-state index in [9.17, 15) is 14.7 Å². The molecule has 0 aliphatic carbocycles. The summed E-state index contributed by atoms with van der Waals surface area (Å²) in [5, 5.41) is 11.4. The summed E-state index contributed by atoms with van der Waals surface area (Å²) in [4.78, 5) is 27.5. The van der Waals surface area contributed by atoms with Gasteiger partial charge < -0.3 is 19.0 Å². The molecule has 2 aromatic carbocycles. The lowest BCUT2D eigenvalue weighted by molar-refractivity contribution is -0.132. The molecular formula is C24H19Cl2NO6. The van der Waals surface area contributed by atoms with Crippen molar-refractivity contribution in [1.82, 2.24) is 0 Å². The van der Waals surface area contributed by atoms with Crippen LogP contribution in [0.15, 0.2) is 64.8 Å². The Balaban J connectivity index is 1.87. The Kier molecular flexibility index (Phi) is 6.35. The molecule has 170 valence electrons. The average Bonchev–Trinajstić information content (AvgIpc) is 3.41. The molecular weight excluding hydrogens is 469 g/mol. The number of halogens is 2. The van der Waals surface area contributed by atoms with E-state index in [0.717, 1.165) is 0 Å². The number of aliphatic hydroxyl groups is 1. The average molecular weight is 488 g/mol. The van der Waals surface area contributed by atoms with Gasteiger partial charge in [0.15, 0.2) is 5.75 Å². The van der Waals surface area contributed by atoms with Crippen LogP contribution in [0.3, 0.4) is 0 Å². The molecule has 1 amide bonds. The van der Waals surface area contributed by atoms with Gasteiger partial charge in [-0.3, -0.25) is 14.5 Å². The van der Waals surface area contributed by atoms with E-state index in [1.54, 1.807) is 36.4 Å². The first kappa shape index (κ1) is 22.8. The van der Waals surface area contributed by atoms with Gasteiger partial charge in [-0.2, -0.15) is 0 Å². The van der Waals surface area contributed by atoms with Crippen LogP contribution in [0.1, 0.15) is 24.3 Å². The van der Waals surface area contributed by atoms with Gasteiger partial charge in [0.05, 0.1) is 35.6 Å². The molecule has 1 aromatic heterocycles. The number of methoxy groups -OCH3 is 1. The van der Waals surface area contributed by atoms with Crippen LogP contribution in [0.2, 0.25) is 10.0 Å². The molecule has 1 unspecified atom stereocenters. The van der Waals surface area contributed by atoms with Crippen LogP contribution in [0, 0.1) is 0 Å². The van der Waals surface area contributed by atoms with E-state index in [4.69, 9.17) is 37.1 Å². The lowest BCUT2D eigenvalue weighted by Crippen LogP contribution is -2.29. The predicted octanol–water partition coefficient (Wildman–Crippen LogP) is 5.62. The molecule has 1 aliphatic heterocycles. The molecule has 1 fully saturated rings. The Morgan fingerprint density at radius 3 is 2.33 bits per heavy atom. The highest BCUT2D eigenvalue weighted by Gasteiger charge is 2.48. The number of amides is 1. The maximum absolute atomic E-state index is 13.1. The van der Waals surface area contributed by atoms with Gasteiger partial charge in [-0.05, 0) is 55.5 Å². The molecule has 7 nitrogen and oxygen atoms in total. The molecule has 0 radical (unpaired) electrons. The molecule has 2 heterocycles. The minimum atomic E-state index is -1.00. The number of aliphatic hydroxyl groups excluding tert-OH is 1. The first-order valence-corrected chi connectivity index (χ1v) is 10.7.